The molecule has 1 aliphatic heterocycles. The molecule has 0 radical (unpaired) electrons. The molecule has 1 aliphatic rings. The number of carbonyl (C=O) groups is 2. The summed E-state index contributed by atoms with van der Waals surface area (Å²) in [7, 11) is 0. The van der Waals surface area contributed by atoms with Crippen molar-refractivity contribution < 1.29 is 24.2 Å². The normalized spacial score (nSPS) is 15.9. The van der Waals surface area contributed by atoms with Crippen LogP contribution in [0.15, 0.2) is 24.3 Å². The molecule has 7 heteroatoms. The van der Waals surface area contributed by atoms with Crippen molar-refractivity contribution >= 4 is 23.3 Å². The van der Waals surface area contributed by atoms with E-state index in [1.807, 2.05) is 31.2 Å². The van der Waals surface area contributed by atoms with Crippen LogP contribution in [-0.2, 0) is 19.1 Å². The second kappa shape index (κ2) is 9.24. The molecule has 0 spiro atoms. The van der Waals surface area contributed by atoms with Crippen molar-refractivity contribution in [1.82, 2.24) is 0 Å². The molecule has 1 amide bonds. The molecule has 1 aromatic carbocycles. The average Bonchev–Trinajstić information content (AvgIpc) is 2.59. The van der Waals surface area contributed by atoms with E-state index in [-0.39, 0.29) is 31.6 Å². The monoisotopic (exact) mass is 336 g/mol. The van der Waals surface area contributed by atoms with E-state index in [1.54, 1.807) is 4.90 Å². The van der Waals surface area contributed by atoms with Crippen LogP contribution in [0.4, 0.5) is 11.4 Å². The standard InChI is InChI=1S/C17H24N2O5/c1-2-3-17(22)24-11-15(20)10-18-13-4-6-14(7-5-13)19-8-9-23-12-16(19)21/h4-7,15,18,20H,2-3,8-12H2,1H3/t15-/m0/s1. The Morgan fingerprint density at radius 2 is 2.17 bits per heavy atom. The Kier molecular flexibility index (Phi) is 7.02. The Labute approximate surface area is 141 Å². The van der Waals surface area contributed by atoms with Gasteiger partial charge in [0.1, 0.15) is 19.3 Å². The zero-order valence-corrected chi connectivity index (χ0v) is 13.9. The van der Waals surface area contributed by atoms with E-state index in [1.165, 1.54) is 0 Å². The summed E-state index contributed by atoms with van der Waals surface area (Å²) in [6.07, 6.45) is 0.318. The van der Waals surface area contributed by atoms with Gasteiger partial charge >= 0.3 is 5.97 Å². The van der Waals surface area contributed by atoms with Crippen LogP contribution in [0.3, 0.4) is 0 Å². The molecular formula is C17H24N2O5. The van der Waals surface area contributed by atoms with Crippen LogP contribution in [0, 0.1) is 0 Å². The SMILES string of the molecule is CCCC(=O)OC[C@@H](O)CNc1ccc(N2CCOCC2=O)cc1. The second-order valence-electron chi connectivity index (χ2n) is 5.61. The van der Waals surface area contributed by atoms with Crippen LogP contribution in [0.25, 0.3) is 0 Å². The van der Waals surface area contributed by atoms with Gasteiger partial charge in [-0.15, -0.1) is 0 Å². The third-order valence-electron chi connectivity index (χ3n) is 3.60. The first-order valence-electron chi connectivity index (χ1n) is 8.16. The number of rotatable bonds is 8. The smallest absolute Gasteiger partial charge is 0.305 e. The van der Waals surface area contributed by atoms with Crippen molar-refractivity contribution in [2.45, 2.75) is 25.9 Å². The highest BCUT2D eigenvalue weighted by atomic mass is 16.5. The minimum atomic E-state index is -0.772. The Hall–Kier alpha value is -2.12. The fraction of sp³-hybridized carbons (Fsp3) is 0.529. The minimum Gasteiger partial charge on any atom is -0.463 e. The van der Waals surface area contributed by atoms with E-state index in [0.717, 1.165) is 17.8 Å². The fourth-order valence-corrected chi connectivity index (χ4v) is 2.31. The predicted octanol–water partition coefficient (Wildman–Crippen LogP) is 1.17. The maximum absolute atomic E-state index is 11.8. The molecule has 2 N–H and O–H groups in total. The van der Waals surface area contributed by atoms with Gasteiger partial charge in [-0.25, -0.2) is 0 Å². The number of ether oxygens (including phenoxy) is 2. The summed E-state index contributed by atoms with van der Waals surface area (Å²) in [5, 5.41) is 12.9. The number of hydrogen-bond acceptors (Lipinski definition) is 6. The molecule has 132 valence electrons. The van der Waals surface area contributed by atoms with Crippen molar-refractivity contribution in [1.29, 1.82) is 0 Å². The van der Waals surface area contributed by atoms with Crippen LogP contribution >= 0.6 is 0 Å². The molecule has 2 rings (SSSR count). The second-order valence-corrected chi connectivity index (χ2v) is 5.61. The van der Waals surface area contributed by atoms with E-state index >= 15 is 0 Å². The van der Waals surface area contributed by atoms with Gasteiger partial charge in [-0.2, -0.15) is 0 Å². The van der Waals surface area contributed by atoms with Crippen LogP contribution < -0.4 is 10.2 Å². The predicted molar refractivity (Wildman–Crippen MR) is 90.0 cm³/mol. The van der Waals surface area contributed by atoms with Gasteiger partial charge in [0.25, 0.3) is 5.91 Å². The first kappa shape index (κ1) is 18.2. The third kappa shape index (κ3) is 5.50. The summed E-state index contributed by atoms with van der Waals surface area (Å²) in [6.45, 7) is 3.35. The number of hydrogen-bond donors (Lipinski definition) is 2. The molecule has 1 aromatic rings. The first-order chi connectivity index (χ1) is 11.6. The maximum atomic E-state index is 11.8. The lowest BCUT2D eigenvalue weighted by atomic mass is 10.2. The molecular weight excluding hydrogens is 312 g/mol. The Bertz CT molecular complexity index is 546. The summed E-state index contributed by atoms with van der Waals surface area (Å²) in [4.78, 5) is 24.7. The molecule has 1 heterocycles. The molecule has 0 aliphatic carbocycles. The fourth-order valence-electron chi connectivity index (χ4n) is 2.31. The third-order valence-corrected chi connectivity index (χ3v) is 3.60. The number of esters is 1. The van der Waals surface area contributed by atoms with Gasteiger partial charge in [-0.05, 0) is 30.7 Å². The van der Waals surface area contributed by atoms with E-state index in [2.05, 4.69) is 5.32 Å². The lowest BCUT2D eigenvalue weighted by Gasteiger charge is -2.27. The summed E-state index contributed by atoms with van der Waals surface area (Å²) in [6, 6.07) is 7.38. The number of carbonyl (C=O) groups excluding carboxylic acids is 2. The van der Waals surface area contributed by atoms with Gasteiger partial charge in [-0.1, -0.05) is 6.92 Å². The van der Waals surface area contributed by atoms with Crippen LogP contribution in [-0.4, -0.2) is 56.0 Å². The molecule has 1 atom stereocenters. The van der Waals surface area contributed by atoms with Gasteiger partial charge in [0.05, 0.1) is 6.61 Å². The van der Waals surface area contributed by atoms with E-state index in [0.29, 0.717) is 19.6 Å². The van der Waals surface area contributed by atoms with Gasteiger partial charge < -0.3 is 24.8 Å². The van der Waals surface area contributed by atoms with Crippen molar-refractivity contribution in [3.63, 3.8) is 0 Å². The van der Waals surface area contributed by atoms with Crippen LogP contribution in [0.1, 0.15) is 19.8 Å². The van der Waals surface area contributed by atoms with E-state index in [4.69, 9.17) is 9.47 Å². The number of aliphatic hydroxyl groups is 1. The lowest BCUT2D eigenvalue weighted by Crippen LogP contribution is -2.41. The van der Waals surface area contributed by atoms with Gasteiger partial charge in [-0.3, -0.25) is 9.59 Å². The Morgan fingerprint density at radius 1 is 1.42 bits per heavy atom. The van der Waals surface area contributed by atoms with Crippen molar-refractivity contribution in [2.24, 2.45) is 0 Å². The van der Waals surface area contributed by atoms with E-state index < -0.39 is 6.10 Å². The molecule has 0 unspecified atom stereocenters. The van der Waals surface area contributed by atoms with Crippen LogP contribution in [0.2, 0.25) is 0 Å². The number of amides is 1. The number of anilines is 2. The lowest BCUT2D eigenvalue weighted by molar-refractivity contribution is -0.146. The topological polar surface area (TPSA) is 88.1 Å². The van der Waals surface area contributed by atoms with Gasteiger partial charge in [0, 0.05) is 30.9 Å². The average molecular weight is 336 g/mol. The summed E-state index contributed by atoms with van der Waals surface area (Å²) >= 11 is 0. The largest absolute Gasteiger partial charge is 0.463 e. The molecule has 1 fully saturated rings. The van der Waals surface area contributed by atoms with Crippen molar-refractivity contribution in [2.75, 3.05) is 43.1 Å². The molecule has 0 bridgehead atoms. The number of aliphatic hydroxyl groups excluding tert-OH is 1. The molecule has 0 aromatic heterocycles. The zero-order chi connectivity index (χ0) is 17.4. The van der Waals surface area contributed by atoms with E-state index in [9.17, 15) is 14.7 Å². The molecule has 24 heavy (non-hydrogen) atoms. The minimum absolute atomic E-state index is 0.0216. The molecule has 7 nitrogen and oxygen atoms in total. The summed E-state index contributed by atoms with van der Waals surface area (Å²) < 4.78 is 10.1. The quantitative estimate of drug-likeness (QED) is 0.693. The maximum Gasteiger partial charge on any atom is 0.305 e. The van der Waals surface area contributed by atoms with Crippen molar-refractivity contribution in [3.05, 3.63) is 24.3 Å². The number of nitrogens with zero attached hydrogens (tertiary/aromatic N) is 1. The van der Waals surface area contributed by atoms with Gasteiger partial charge in [0.15, 0.2) is 0 Å². The number of nitrogens with one attached hydrogen (secondary N) is 1. The number of benzene rings is 1. The first-order valence-corrected chi connectivity index (χ1v) is 8.16. The zero-order valence-electron chi connectivity index (χ0n) is 13.9. The highest BCUT2D eigenvalue weighted by Gasteiger charge is 2.19. The number of morpholine rings is 1. The van der Waals surface area contributed by atoms with Crippen LogP contribution in [0.5, 0.6) is 0 Å². The molecule has 1 saturated heterocycles. The highest BCUT2D eigenvalue weighted by molar-refractivity contribution is 5.94. The Balaban J connectivity index is 1.77. The highest BCUT2D eigenvalue weighted by Crippen LogP contribution is 2.19. The van der Waals surface area contributed by atoms with Gasteiger partial charge in [0.2, 0.25) is 0 Å². The summed E-state index contributed by atoms with van der Waals surface area (Å²) in [5.41, 5.74) is 1.64. The molecule has 0 saturated carbocycles. The Morgan fingerprint density at radius 3 is 2.83 bits per heavy atom. The van der Waals surface area contributed by atoms with Crippen molar-refractivity contribution in [3.8, 4) is 0 Å². The summed E-state index contributed by atoms with van der Waals surface area (Å²) in [5.74, 6) is -0.345.